The zero-order valence-corrected chi connectivity index (χ0v) is 17.3. The Morgan fingerprint density at radius 1 is 1.00 bits per heavy atom. The van der Waals surface area contributed by atoms with Crippen molar-refractivity contribution < 1.29 is 23.5 Å². The summed E-state index contributed by atoms with van der Waals surface area (Å²) in [5.74, 6) is -0.260. The third kappa shape index (κ3) is 4.39. The van der Waals surface area contributed by atoms with E-state index in [1.807, 2.05) is 48.5 Å². The van der Waals surface area contributed by atoms with Gasteiger partial charge in [0.05, 0.1) is 23.4 Å². The smallest absolute Gasteiger partial charge is 0.337 e. The van der Waals surface area contributed by atoms with Crippen LogP contribution in [0.5, 0.6) is 5.75 Å². The number of anilines is 1. The fourth-order valence-electron chi connectivity index (χ4n) is 3.14. The Hall–Kier alpha value is -3.77. The summed E-state index contributed by atoms with van der Waals surface area (Å²) in [5, 5.41) is 3.77. The molecule has 0 aliphatic heterocycles. The highest BCUT2D eigenvalue weighted by molar-refractivity contribution is 6.34. The van der Waals surface area contributed by atoms with Crippen molar-refractivity contribution in [2.24, 2.45) is 0 Å². The average Bonchev–Trinajstić information content (AvgIpc) is 3.18. The molecule has 0 saturated heterocycles. The second kappa shape index (κ2) is 8.93. The first kappa shape index (κ1) is 20.5. The minimum absolute atomic E-state index is 0.108. The number of hydrogen-bond acceptors (Lipinski definition) is 5. The molecule has 0 aliphatic rings. The van der Waals surface area contributed by atoms with Gasteiger partial charge >= 0.3 is 5.97 Å². The van der Waals surface area contributed by atoms with Gasteiger partial charge in [0, 0.05) is 10.9 Å². The Morgan fingerprint density at radius 3 is 2.52 bits per heavy atom. The minimum Gasteiger partial charge on any atom is -0.489 e. The number of hydrogen-bond donors (Lipinski definition) is 1. The summed E-state index contributed by atoms with van der Waals surface area (Å²) in [6.45, 7) is 0.139. The first-order valence-corrected chi connectivity index (χ1v) is 9.82. The summed E-state index contributed by atoms with van der Waals surface area (Å²) in [4.78, 5) is 24.9. The van der Waals surface area contributed by atoms with E-state index >= 15 is 0 Å². The van der Waals surface area contributed by atoms with Crippen LogP contribution in [-0.2, 0) is 11.3 Å². The van der Waals surface area contributed by atoms with Crippen LogP contribution in [0.2, 0.25) is 5.02 Å². The predicted octanol–water partition coefficient (Wildman–Crippen LogP) is 5.70. The maximum atomic E-state index is 13.1. The standard InChI is InChI=1S/C24H18ClNO5/c1-29-24(28)15-11-12-19(25)20(13-15)26-23(27)22-18(14-30-16-7-3-2-4-8-16)17-9-5-6-10-21(17)31-22/h2-13H,14H2,1H3,(H,26,27). The lowest BCUT2D eigenvalue weighted by molar-refractivity contribution is 0.0600. The summed E-state index contributed by atoms with van der Waals surface area (Å²) in [6, 6.07) is 21.1. The Morgan fingerprint density at radius 2 is 1.74 bits per heavy atom. The number of ether oxygens (including phenoxy) is 2. The zero-order chi connectivity index (χ0) is 21.8. The Kier molecular flexibility index (Phi) is 5.91. The largest absolute Gasteiger partial charge is 0.489 e. The van der Waals surface area contributed by atoms with E-state index < -0.39 is 11.9 Å². The van der Waals surface area contributed by atoms with Gasteiger partial charge in [0.2, 0.25) is 0 Å². The van der Waals surface area contributed by atoms with Crippen molar-refractivity contribution >= 4 is 40.1 Å². The van der Waals surface area contributed by atoms with Crippen molar-refractivity contribution in [1.29, 1.82) is 0 Å². The number of amides is 1. The van der Waals surface area contributed by atoms with Gasteiger partial charge < -0.3 is 19.2 Å². The molecule has 0 unspecified atom stereocenters. The van der Waals surface area contributed by atoms with Gasteiger partial charge in [-0.2, -0.15) is 0 Å². The first-order chi connectivity index (χ1) is 15.1. The highest BCUT2D eigenvalue weighted by atomic mass is 35.5. The van der Waals surface area contributed by atoms with Crippen LogP contribution in [0.4, 0.5) is 5.69 Å². The number of rotatable bonds is 6. The van der Waals surface area contributed by atoms with Gasteiger partial charge in [0.15, 0.2) is 5.76 Å². The molecule has 0 bridgehead atoms. The van der Waals surface area contributed by atoms with Crippen molar-refractivity contribution in [2.45, 2.75) is 6.61 Å². The molecule has 4 aromatic rings. The maximum absolute atomic E-state index is 13.1. The normalized spacial score (nSPS) is 10.6. The predicted molar refractivity (Wildman–Crippen MR) is 118 cm³/mol. The maximum Gasteiger partial charge on any atom is 0.337 e. The summed E-state index contributed by atoms with van der Waals surface area (Å²) in [5.41, 5.74) is 1.70. The van der Waals surface area contributed by atoms with Crippen molar-refractivity contribution in [1.82, 2.24) is 0 Å². The molecule has 156 valence electrons. The zero-order valence-electron chi connectivity index (χ0n) is 16.6. The molecule has 1 N–H and O–H groups in total. The lowest BCUT2D eigenvalue weighted by atomic mass is 10.1. The topological polar surface area (TPSA) is 77.8 Å². The fraction of sp³-hybridized carbons (Fsp3) is 0.0833. The fourth-order valence-corrected chi connectivity index (χ4v) is 3.31. The van der Waals surface area contributed by atoms with Crippen molar-refractivity contribution in [2.75, 3.05) is 12.4 Å². The van der Waals surface area contributed by atoms with Gasteiger partial charge in [0.25, 0.3) is 5.91 Å². The lowest BCUT2D eigenvalue weighted by Gasteiger charge is -2.10. The number of fused-ring (bicyclic) bond motifs is 1. The summed E-state index contributed by atoms with van der Waals surface area (Å²) >= 11 is 6.21. The molecule has 0 atom stereocenters. The molecule has 0 radical (unpaired) electrons. The van der Waals surface area contributed by atoms with E-state index in [9.17, 15) is 9.59 Å². The number of carbonyl (C=O) groups is 2. The van der Waals surface area contributed by atoms with Gasteiger partial charge in [-0.1, -0.05) is 48.0 Å². The Bertz CT molecular complexity index is 1250. The second-order valence-electron chi connectivity index (χ2n) is 6.65. The molecule has 0 saturated carbocycles. The van der Waals surface area contributed by atoms with Crippen molar-refractivity contribution in [3.05, 3.63) is 94.7 Å². The lowest BCUT2D eigenvalue weighted by Crippen LogP contribution is -2.15. The molecule has 4 rings (SSSR count). The molecule has 0 aliphatic carbocycles. The van der Waals surface area contributed by atoms with Crippen LogP contribution >= 0.6 is 11.6 Å². The molecule has 3 aromatic carbocycles. The van der Waals surface area contributed by atoms with Crippen LogP contribution in [0.25, 0.3) is 11.0 Å². The number of esters is 1. The number of benzene rings is 3. The van der Waals surface area contributed by atoms with Crippen LogP contribution in [-0.4, -0.2) is 19.0 Å². The van der Waals surface area contributed by atoms with Gasteiger partial charge in [-0.25, -0.2) is 4.79 Å². The van der Waals surface area contributed by atoms with E-state index in [-0.39, 0.29) is 28.6 Å². The third-order valence-corrected chi connectivity index (χ3v) is 5.00. The first-order valence-electron chi connectivity index (χ1n) is 9.44. The summed E-state index contributed by atoms with van der Waals surface area (Å²) in [6.07, 6.45) is 0. The second-order valence-corrected chi connectivity index (χ2v) is 7.06. The van der Waals surface area contributed by atoms with E-state index in [1.54, 1.807) is 6.07 Å². The highest BCUT2D eigenvalue weighted by Gasteiger charge is 2.22. The molecule has 6 nitrogen and oxygen atoms in total. The molecule has 0 spiro atoms. The molecule has 1 amide bonds. The minimum atomic E-state index is -0.534. The molecule has 0 fully saturated rings. The summed E-state index contributed by atoms with van der Waals surface area (Å²) in [7, 11) is 1.28. The third-order valence-electron chi connectivity index (χ3n) is 4.67. The molecule has 1 heterocycles. The van der Waals surface area contributed by atoms with Crippen molar-refractivity contribution in [3.8, 4) is 5.75 Å². The van der Waals surface area contributed by atoms with Crippen LogP contribution in [0, 0.1) is 0 Å². The number of halogens is 1. The Balaban J connectivity index is 1.66. The van der Waals surface area contributed by atoms with Gasteiger partial charge in [-0.3, -0.25) is 4.79 Å². The molecule has 1 aromatic heterocycles. The van der Waals surface area contributed by atoms with Crippen LogP contribution in [0.15, 0.2) is 77.2 Å². The number of methoxy groups -OCH3 is 1. The number of para-hydroxylation sites is 2. The van der Waals surface area contributed by atoms with E-state index in [1.165, 1.54) is 25.3 Å². The summed E-state index contributed by atoms with van der Waals surface area (Å²) < 4.78 is 16.4. The average molecular weight is 436 g/mol. The molecule has 31 heavy (non-hydrogen) atoms. The number of furan rings is 1. The number of carbonyl (C=O) groups excluding carboxylic acids is 2. The van der Waals surface area contributed by atoms with E-state index in [4.69, 9.17) is 25.5 Å². The molecular weight excluding hydrogens is 418 g/mol. The highest BCUT2D eigenvalue weighted by Crippen LogP contribution is 2.30. The van der Waals surface area contributed by atoms with E-state index in [0.29, 0.717) is 16.9 Å². The molecular formula is C24H18ClNO5. The Labute approximate surface area is 183 Å². The van der Waals surface area contributed by atoms with Crippen LogP contribution in [0.3, 0.4) is 0 Å². The van der Waals surface area contributed by atoms with Gasteiger partial charge in [0.1, 0.15) is 17.9 Å². The monoisotopic (exact) mass is 435 g/mol. The van der Waals surface area contributed by atoms with E-state index in [0.717, 1.165) is 5.39 Å². The van der Waals surface area contributed by atoms with Gasteiger partial charge in [-0.05, 0) is 36.4 Å². The van der Waals surface area contributed by atoms with Crippen LogP contribution < -0.4 is 10.1 Å². The van der Waals surface area contributed by atoms with E-state index in [2.05, 4.69) is 5.32 Å². The molecule has 7 heteroatoms. The number of nitrogens with one attached hydrogen (secondary N) is 1. The van der Waals surface area contributed by atoms with Gasteiger partial charge in [-0.15, -0.1) is 0 Å². The SMILES string of the molecule is COC(=O)c1ccc(Cl)c(NC(=O)c2oc3ccccc3c2COc2ccccc2)c1. The van der Waals surface area contributed by atoms with Crippen LogP contribution in [0.1, 0.15) is 26.5 Å². The van der Waals surface area contributed by atoms with Crippen molar-refractivity contribution in [3.63, 3.8) is 0 Å². The quantitative estimate of drug-likeness (QED) is 0.393.